The number of amides is 3. The molecule has 2 rings (SSSR count). The Balaban J connectivity index is 1.80. The van der Waals surface area contributed by atoms with Crippen LogP contribution in [-0.2, 0) is 14.3 Å². The average Bonchev–Trinajstić information content (AvgIpc) is 2.90. The zero-order valence-corrected chi connectivity index (χ0v) is 16.8. The first-order valence-electron chi connectivity index (χ1n) is 9.51. The minimum absolute atomic E-state index is 0.0648. The summed E-state index contributed by atoms with van der Waals surface area (Å²) >= 11 is 0. The van der Waals surface area contributed by atoms with E-state index in [-0.39, 0.29) is 18.4 Å². The predicted octanol–water partition coefficient (Wildman–Crippen LogP) is 2.29. The molecule has 152 valence electrons. The van der Waals surface area contributed by atoms with Crippen molar-refractivity contribution in [1.82, 2.24) is 15.1 Å². The smallest absolute Gasteiger partial charge is 0.408 e. The van der Waals surface area contributed by atoms with Crippen molar-refractivity contribution in [3.05, 3.63) is 42.0 Å². The molecule has 7 nitrogen and oxygen atoms in total. The fourth-order valence-corrected chi connectivity index (χ4v) is 2.80. The first-order valence-corrected chi connectivity index (χ1v) is 9.51. The van der Waals surface area contributed by atoms with Crippen molar-refractivity contribution < 1.29 is 19.1 Å². The molecule has 0 atom stereocenters. The maximum Gasteiger partial charge on any atom is 0.408 e. The minimum Gasteiger partial charge on any atom is -0.444 e. The SMILES string of the molecule is CC(C)(C)OC(=O)NCC(=O)N1CCCN(C(=O)/C=C/c2ccccc2)CC1. The quantitative estimate of drug-likeness (QED) is 0.804. The maximum absolute atomic E-state index is 12.4. The van der Waals surface area contributed by atoms with Crippen molar-refractivity contribution in [2.45, 2.75) is 32.8 Å². The summed E-state index contributed by atoms with van der Waals surface area (Å²) in [5.41, 5.74) is 0.361. The topological polar surface area (TPSA) is 79.0 Å². The Kier molecular flexibility index (Phi) is 7.61. The van der Waals surface area contributed by atoms with E-state index >= 15 is 0 Å². The van der Waals surface area contributed by atoms with E-state index in [0.717, 1.165) is 5.56 Å². The van der Waals surface area contributed by atoms with E-state index in [1.54, 1.807) is 42.7 Å². The van der Waals surface area contributed by atoms with Crippen molar-refractivity contribution in [2.24, 2.45) is 0 Å². The molecule has 1 N–H and O–H groups in total. The van der Waals surface area contributed by atoms with Crippen LogP contribution in [0.5, 0.6) is 0 Å². The molecule has 28 heavy (non-hydrogen) atoms. The zero-order valence-electron chi connectivity index (χ0n) is 16.8. The van der Waals surface area contributed by atoms with Crippen molar-refractivity contribution in [1.29, 1.82) is 0 Å². The molecule has 1 aliphatic rings. The summed E-state index contributed by atoms with van der Waals surface area (Å²) in [6.45, 7) is 7.25. The molecule has 1 heterocycles. The number of rotatable bonds is 4. The van der Waals surface area contributed by atoms with Gasteiger partial charge in [0, 0.05) is 32.3 Å². The molecule has 0 radical (unpaired) electrons. The maximum atomic E-state index is 12.4. The van der Waals surface area contributed by atoms with Gasteiger partial charge in [-0.1, -0.05) is 30.3 Å². The Labute approximate surface area is 166 Å². The Hall–Kier alpha value is -2.83. The largest absolute Gasteiger partial charge is 0.444 e. The molecule has 0 bridgehead atoms. The van der Waals surface area contributed by atoms with Gasteiger partial charge in [-0.15, -0.1) is 0 Å². The molecule has 1 aromatic carbocycles. The number of carbonyl (C=O) groups is 3. The number of nitrogens with one attached hydrogen (secondary N) is 1. The highest BCUT2D eigenvalue weighted by Crippen LogP contribution is 2.08. The fourth-order valence-electron chi connectivity index (χ4n) is 2.80. The van der Waals surface area contributed by atoms with Gasteiger partial charge in [0.15, 0.2) is 0 Å². The molecule has 0 spiro atoms. The molecule has 1 aromatic rings. The summed E-state index contributed by atoms with van der Waals surface area (Å²) in [6, 6.07) is 9.64. The summed E-state index contributed by atoms with van der Waals surface area (Å²) < 4.78 is 5.13. The van der Waals surface area contributed by atoms with Crippen LogP contribution in [0.15, 0.2) is 36.4 Å². The van der Waals surface area contributed by atoms with Crippen LogP contribution in [-0.4, -0.2) is 66.0 Å². The fraction of sp³-hybridized carbons (Fsp3) is 0.476. The monoisotopic (exact) mass is 387 g/mol. The summed E-state index contributed by atoms with van der Waals surface area (Å²) in [7, 11) is 0. The Bertz CT molecular complexity index is 710. The van der Waals surface area contributed by atoms with Gasteiger partial charge in [0.25, 0.3) is 0 Å². The molecule has 1 fully saturated rings. The number of ether oxygens (including phenoxy) is 1. The highest BCUT2D eigenvalue weighted by molar-refractivity contribution is 5.92. The molecule has 0 aromatic heterocycles. The minimum atomic E-state index is -0.612. The summed E-state index contributed by atoms with van der Waals surface area (Å²) in [4.78, 5) is 39.9. The number of benzene rings is 1. The first kappa shape index (κ1) is 21.5. The number of hydrogen-bond acceptors (Lipinski definition) is 4. The van der Waals surface area contributed by atoms with Gasteiger partial charge in [0.1, 0.15) is 12.1 Å². The molecule has 0 aliphatic carbocycles. The third-order valence-electron chi connectivity index (χ3n) is 4.16. The van der Waals surface area contributed by atoms with E-state index in [0.29, 0.717) is 32.6 Å². The Morgan fingerprint density at radius 1 is 1.04 bits per heavy atom. The lowest BCUT2D eigenvalue weighted by molar-refractivity contribution is -0.131. The highest BCUT2D eigenvalue weighted by Gasteiger charge is 2.22. The number of nitrogens with zero attached hydrogens (tertiary/aromatic N) is 2. The van der Waals surface area contributed by atoms with Gasteiger partial charge in [0.2, 0.25) is 11.8 Å². The van der Waals surface area contributed by atoms with E-state index < -0.39 is 11.7 Å². The van der Waals surface area contributed by atoms with Gasteiger partial charge in [0.05, 0.1) is 0 Å². The van der Waals surface area contributed by atoms with Gasteiger partial charge in [-0.3, -0.25) is 9.59 Å². The molecule has 7 heteroatoms. The number of carbonyl (C=O) groups excluding carboxylic acids is 3. The van der Waals surface area contributed by atoms with Gasteiger partial charge in [-0.05, 0) is 38.8 Å². The first-order chi connectivity index (χ1) is 13.2. The molecule has 0 saturated carbocycles. The predicted molar refractivity (Wildman–Crippen MR) is 107 cm³/mol. The van der Waals surface area contributed by atoms with Crippen LogP contribution in [0.3, 0.4) is 0 Å². The van der Waals surface area contributed by atoms with Crippen molar-refractivity contribution >= 4 is 24.0 Å². The van der Waals surface area contributed by atoms with Crippen LogP contribution >= 0.6 is 0 Å². The standard InChI is InChI=1S/C21H29N3O4/c1-21(2,3)28-20(27)22-16-19(26)24-13-7-12-23(14-15-24)18(25)11-10-17-8-5-4-6-9-17/h4-6,8-11H,7,12-16H2,1-3H3,(H,22,27)/b11-10+. The average molecular weight is 387 g/mol. The molecule has 3 amide bonds. The summed E-state index contributed by atoms with van der Waals surface area (Å²) in [6.07, 6.45) is 3.44. The number of hydrogen-bond donors (Lipinski definition) is 1. The van der Waals surface area contributed by atoms with Crippen LogP contribution in [0.1, 0.15) is 32.8 Å². The Morgan fingerprint density at radius 2 is 1.68 bits per heavy atom. The van der Waals surface area contributed by atoms with Crippen molar-refractivity contribution in [3.63, 3.8) is 0 Å². The van der Waals surface area contributed by atoms with E-state index in [1.807, 2.05) is 30.3 Å². The second-order valence-corrected chi connectivity index (χ2v) is 7.66. The zero-order chi connectivity index (χ0) is 20.6. The van der Waals surface area contributed by atoms with E-state index in [1.165, 1.54) is 0 Å². The van der Waals surface area contributed by atoms with Crippen LogP contribution in [0.25, 0.3) is 6.08 Å². The van der Waals surface area contributed by atoms with Gasteiger partial charge < -0.3 is 19.9 Å². The van der Waals surface area contributed by atoms with Crippen LogP contribution in [0, 0.1) is 0 Å². The van der Waals surface area contributed by atoms with Crippen molar-refractivity contribution in [3.8, 4) is 0 Å². The highest BCUT2D eigenvalue weighted by atomic mass is 16.6. The van der Waals surface area contributed by atoms with Gasteiger partial charge in [-0.2, -0.15) is 0 Å². The lowest BCUT2D eigenvalue weighted by Gasteiger charge is -2.23. The summed E-state index contributed by atoms with van der Waals surface area (Å²) in [5.74, 6) is -0.245. The van der Waals surface area contributed by atoms with Gasteiger partial charge >= 0.3 is 6.09 Å². The second-order valence-electron chi connectivity index (χ2n) is 7.66. The molecule has 0 unspecified atom stereocenters. The van der Waals surface area contributed by atoms with Crippen molar-refractivity contribution in [2.75, 3.05) is 32.7 Å². The molecular weight excluding hydrogens is 358 g/mol. The van der Waals surface area contributed by atoms with Gasteiger partial charge in [-0.25, -0.2) is 4.79 Å². The Morgan fingerprint density at radius 3 is 2.36 bits per heavy atom. The van der Waals surface area contributed by atoms with E-state index in [4.69, 9.17) is 4.74 Å². The molecule has 1 aliphatic heterocycles. The third kappa shape index (κ3) is 7.42. The van der Waals surface area contributed by atoms with Crippen LogP contribution < -0.4 is 5.32 Å². The van der Waals surface area contributed by atoms with E-state index in [9.17, 15) is 14.4 Å². The van der Waals surface area contributed by atoms with E-state index in [2.05, 4.69) is 5.32 Å². The van der Waals surface area contributed by atoms with Crippen LogP contribution in [0.4, 0.5) is 4.79 Å². The normalized spacial score (nSPS) is 15.2. The molecule has 1 saturated heterocycles. The third-order valence-corrected chi connectivity index (χ3v) is 4.16. The lowest BCUT2D eigenvalue weighted by Crippen LogP contribution is -2.43. The lowest BCUT2D eigenvalue weighted by atomic mass is 10.2. The summed E-state index contributed by atoms with van der Waals surface area (Å²) in [5, 5.41) is 2.49. The second kappa shape index (κ2) is 9.92. The van der Waals surface area contributed by atoms with Crippen LogP contribution in [0.2, 0.25) is 0 Å². The number of alkyl carbamates (subject to hydrolysis) is 1. The molecular formula is C21H29N3O4.